The average Bonchev–Trinajstić information content (AvgIpc) is 3.48. The second-order valence-corrected chi connectivity index (χ2v) is 20.4. The smallest absolute Gasteiger partial charge is 1.00 e. The maximum Gasteiger partial charge on any atom is 1.00 e. The number of aliphatic hydroxyl groups is 3. The molecule has 27 nitrogen and oxygen atoms in total. The molecule has 5 aliphatic carbocycles. The van der Waals surface area contributed by atoms with Crippen molar-refractivity contribution in [1.82, 2.24) is 0 Å². The number of Topliss-reactive ketones (excluding diaryl/α,β-unsaturated/α-hetero) is 2. The summed E-state index contributed by atoms with van der Waals surface area (Å²) in [5.41, 5.74) is 0.131. The number of carboxylic acids is 1. The molecule has 0 spiro atoms. The van der Waals surface area contributed by atoms with Crippen molar-refractivity contribution >= 4 is 102 Å². The molecule has 499 valence electrons. The second kappa shape index (κ2) is 52.8. The summed E-state index contributed by atoms with van der Waals surface area (Å²) in [6.07, 6.45) is 8.73. The summed E-state index contributed by atoms with van der Waals surface area (Å²) in [6, 6.07) is 9.96. The number of carbonyl (C=O) groups excluding carboxylic acids is 9. The molecular formula is C58H86BCl2N2NaO25Zn-. The van der Waals surface area contributed by atoms with Crippen LogP contribution in [0.25, 0.3) is 0 Å². The van der Waals surface area contributed by atoms with Gasteiger partial charge < -0.3 is 62.4 Å². The molecule has 7 rings (SSSR count). The van der Waals surface area contributed by atoms with Crippen LogP contribution in [0.1, 0.15) is 133 Å². The topological polar surface area (TPSA) is 403 Å². The zero-order chi connectivity index (χ0) is 64.3. The maximum atomic E-state index is 11.8. The van der Waals surface area contributed by atoms with Crippen LogP contribution in [0.2, 0.25) is 0 Å². The molecule has 4 N–H and O–H groups in total. The molecule has 5 aliphatic rings. The van der Waals surface area contributed by atoms with Crippen LogP contribution in [-0.2, 0) is 91.0 Å². The van der Waals surface area contributed by atoms with Gasteiger partial charge in [-0.05, 0) is 86.5 Å². The largest absolute Gasteiger partial charge is 1.00 e. The number of aromatic carboxylic acids is 1. The van der Waals surface area contributed by atoms with Crippen molar-refractivity contribution in [2.75, 3.05) is 49.8 Å². The summed E-state index contributed by atoms with van der Waals surface area (Å²) in [4.78, 5) is 127. The SMILES string of the molecule is C.C.C=CCC(=O)OC.CO.COC(=O)CC1CC(=O)C1.COC(=O)CC1CC(=O)C1(Cl)Cl.COC(=O)CC1CC(O)C1.COC(=O)CC1CC(O)C1.COC(=O)CC1CC(OC(=O)c2ccc([N+](=O)[O-])cc2)C1.O=C(O)c1ccc([N+](=O)[O-])cc1.[B].[CH3-].[H-].[Na+].[Zn]. The van der Waals surface area contributed by atoms with E-state index in [1.54, 1.807) is 0 Å². The van der Waals surface area contributed by atoms with Crippen molar-refractivity contribution in [3.63, 3.8) is 0 Å². The Kier molecular flexibility index (Phi) is 57.4. The summed E-state index contributed by atoms with van der Waals surface area (Å²) in [6.45, 7) is 3.35. The predicted octanol–water partition coefficient (Wildman–Crippen LogP) is 4.67. The number of ether oxygens (including phenoxy) is 7. The molecule has 32 heteroatoms. The fraction of sp³-hybridized carbons (Fsp3) is 0.569. The van der Waals surface area contributed by atoms with Gasteiger partial charge in [-0.1, -0.05) is 44.1 Å². The average molecular weight is 1380 g/mol. The maximum absolute atomic E-state index is 11.8. The summed E-state index contributed by atoms with van der Waals surface area (Å²) < 4.78 is 30.5. The summed E-state index contributed by atoms with van der Waals surface area (Å²) in [7, 11) is 9.11. The van der Waals surface area contributed by atoms with Gasteiger partial charge in [0.2, 0.25) is 0 Å². The van der Waals surface area contributed by atoms with E-state index in [2.05, 4.69) is 35.0 Å². The van der Waals surface area contributed by atoms with Crippen molar-refractivity contribution in [2.45, 2.75) is 134 Å². The molecule has 0 amide bonds. The van der Waals surface area contributed by atoms with E-state index in [0.717, 1.165) is 44.9 Å². The van der Waals surface area contributed by atoms with Crippen LogP contribution in [0.4, 0.5) is 11.4 Å². The van der Waals surface area contributed by atoms with E-state index in [0.29, 0.717) is 69.6 Å². The molecule has 0 heterocycles. The van der Waals surface area contributed by atoms with Crippen LogP contribution in [0.15, 0.2) is 61.2 Å². The number of methoxy groups -OCH3 is 6. The van der Waals surface area contributed by atoms with Gasteiger partial charge in [-0.2, -0.15) is 0 Å². The van der Waals surface area contributed by atoms with Crippen molar-refractivity contribution in [2.24, 2.45) is 29.6 Å². The third-order valence-corrected chi connectivity index (χ3v) is 13.8. The van der Waals surface area contributed by atoms with Gasteiger partial charge in [0, 0.05) is 110 Å². The van der Waals surface area contributed by atoms with Gasteiger partial charge in [0.25, 0.3) is 11.4 Å². The number of alkyl halides is 2. The Morgan fingerprint density at radius 3 is 1.16 bits per heavy atom. The van der Waals surface area contributed by atoms with Crippen molar-refractivity contribution in [1.29, 1.82) is 0 Å². The van der Waals surface area contributed by atoms with Gasteiger partial charge in [-0.25, -0.2) is 9.59 Å². The van der Waals surface area contributed by atoms with Crippen LogP contribution >= 0.6 is 23.2 Å². The summed E-state index contributed by atoms with van der Waals surface area (Å²) >= 11 is 11.3. The molecule has 1 atom stereocenters. The van der Waals surface area contributed by atoms with E-state index in [-0.39, 0.29) is 194 Å². The number of halogens is 2. The fourth-order valence-electron chi connectivity index (χ4n) is 7.61. The van der Waals surface area contributed by atoms with Crippen LogP contribution in [0, 0.1) is 57.2 Å². The molecule has 2 aromatic rings. The Balaban J connectivity index is -0.000000148. The van der Waals surface area contributed by atoms with Gasteiger partial charge in [0.1, 0.15) is 11.9 Å². The van der Waals surface area contributed by atoms with Crippen LogP contribution in [0.5, 0.6) is 0 Å². The molecule has 5 fully saturated rings. The molecule has 0 bridgehead atoms. The molecule has 0 saturated heterocycles. The third-order valence-electron chi connectivity index (χ3n) is 12.8. The number of hydrogen-bond acceptors (Lipinski definition) is 24. The molecule has 90 heavy (non-hydrogen) atoms. The van der Waals surface area contributed by atoms with E-state index in [9.17, 15) is 68.2 Å². The summed E-state index contributed by atoms with van der Waals surface area (Å²) in [5.74, 6) is -2.12. The van der Waals surface area contributed by atoms with E-state index in [1.165, 1.54) is 85.1 Å². The normalized spacial score (nSPS) is 19.0. The van der Waals surface area contributed by atoms with Crippen LogP contribution < -0.4 is 29.6 Å². The van der Waals surface area contributed by atoms with Gasteiger partial charge in [0.05, 0.1) is 88.7 Å². The number of hydrogen-bond donors (Lipinski definition) is 4. The van der Waals surface area contributed by atoms with Crippen molar-refractivity contribution < 1.29 is 162 Å². The minimum atomic E-state index is -1.37. The molecule has 1 unspecified atom stereocenters. The number of carbonyl (C=O) groups is 10. The fourth-order valence-corrected chi connectivity index (χ4v) is 8.07. The Morgan fingerprint density at radius 1 is 0.589 bits per heavy atom. The van der Waals surface area contributed by atoms with Crippen molar-refractivity contribution in [3.8, 4) is 0 Å². The molecule has 0 aliphatic heterocycles. The zero-order valence-corrected chi connectivity index (χ0v) is 57.4. The number of aliphatic hydroxyl groups excluding tert-OH is 3. The first-order valence-electron chi connectivity index (χ1n) is 25.7. The molecular weight excluding hydrogens is 1290 g/mol. The monoisotopic (exact) mass is 1380 g/mol. The Labute approximate surface area is 573 Å². The zero-order valence-electron chi connectivity index (χ0n) is 51.9. The number of esters is 7. The number of carboxylic acid groups (broad SMARTS) is 1. The van der Waals surface area contributed by atoms with E-state index in [1.807, 2.05) is 0 Å². The third kappa shape index (κ3) is 39.5. The molecule has 0 aromatic heterocycles. The molecule has 2 aromatic carbocycles. The van der Waals surface area contributed by atoms with Crippen LogP contribution in [-0.4, -0.2) is 170 Å². The Morgan fingerprint density at radius 2 is 0.900 bits per heavy atom. The van der Waals surface area contributed by atoms with Gasteiger partial charge in [0.15, 0.2) is 10.1 Å². The number of rotatable bonds is 17. The van der Waals surface area contributed by atoms with E-state index in [4.69, 9.17) is 48.4 Å². The molecule has 5 saturated carbocycles. The second-order valence-electron chi connectivity index (χ2n) is 19.0. The van der Waals surface area contributed by atoms with Crippen molar-refractivity contribution in [3.05, 3.63) is 100.0 Å². The number of nitro benzene ring substituents is 2. The number of benzene rings is 2. The number of nitro groups is 2. The first-order valence-corrected chi connectivity index (χ1v) is 26.5. The minimum Gasteiger partial charge on any atom is -1.00 e. The van der Waals surface area contributed by atoms with Gasteiger partial charge in [-0.3, -0.25) is 58.6 Å². The van der Waals surface area contributed by atoms with Gasteiger partial charge >= 0.3 is 77.3 Å². The minimum absolute atomic E-state index is 0. The number of ketones is 2. The first kappa shape index (κ1) is 97.8. The van der Waals surface area contributed by atoms with Gasteiger partial charge in [-0.15, -0.1) is 6.58 Å². The Hall–Kier alpha value is -5.77. The first-order chi connectivity index (χ1) is 39.5. The number of non-ortho nitro benzene ring substituents is 2. The summed E-state index contributed by atoms with van der Waals surface area (Å²) in [5, 5.41) is 53.8. The Bertz CT molecular complexity index is 2450. The van der Waals surface area contributed by atoms with Crippen LogP contribution in [0.3, 0.4) is 0 Å². The quantitative estimate of drug-likeness (QED) is 0.0244. The number of nitrogens with zero attached hydrogens (tertiary/aromatic N) is 2. The standard InChI is InChI=1S/C14H15NO6.C7H8Cl2O3.C7H5NO4.2C7H12O3.C7H10O3.C5H8O2.CH4O.2CH4.CH3.B.Na.Zn.H/c1-20-13(16)8-9-6-12(7-9)21-14(17)10-2-4-11(5-3-10)15(18)19;1-12-6(11)3-4-2-5(10)7(4,8)9;9-7(10)5-1-3-6(4-2-5)8(11)12;3*1-10-7(9)4-5-2-6(8)3-5;1-3-4-5(6)7-2;1-2;;;;;;;/h2-5,9,12H,6-8H2,1H3;4H,2-3H2,1H3;1-4H,(H,9,10);2*5-6,8H,2-4H2,1H3;5H,2-4H2,1H3;3H,1,4H2,2H3;2H,1H3;2*1H4;1H3;;;;/q;;;;;;;;;;-1;;+1;;-1. The predicted molar refractivity (Wildman–Crippen MR) is 323 cm³/mol. The van der Waals surface area contributed by atoms with E-state index < -0.39 is 32.1 Å². The van der Waals surface area contributed by atoms with E-state index >= 15 is 0 Å². The molecule has 3 radical (unpaired) electrons.